The third-order valence-corrected chi connectivity index (χ3v) is 1.98. The summed E-state index contributed by atoms with van der Waals surface area (Å²) in [6, 6.07) is 4.73. The first kappa shape index (κ1) is 12.2. The zero-order valence-electron chi connectivity index (χ0n) is 9.05. The highest BCUT2D eigenvalue weighted by atomic mass is 16.5. The fourth-order valence-electron chi connectivity index (χ4n) is 1.26. The van der Waals surface area contributed by atoms with Gasteiger partial charge in [0.1, 0.15) is 6.04 Å². The van der Waals surface area contributed by atoms with Gasteiger partial charge in [-0.1, -0.05) is 6.07 Å². The first-order valence-corrected chi connectivity index (χ1v) is 5.04. The normalized spacial score (nSPS) is 11.6. The molecule has 0 aliphatic heterocycles. The van der Waals surface area contributed by atoms with Crippen LogP contribution in [0.25, 0.3) is 0 Å². The van der Waals surface area contributed by atoms with Crippen LogP contribution in [0.15, 0.2) is 24.4 Å². The largest absolute Gasteiger partial charge is 0.464 e. The highest BCUT2D eigenvalue weighted by molar-refractivity contribution is 5.78. The van der Waals surface area contributed by atoms with E-state index in [1.54, 1.807) is 25.3 Å². The van der Waals surface area contributed by atoms with Gasteiger partial charge in [-0.05, 0) is 19.1 Å². The first-order valence-electron chi connectivity index (χ1n) is 5.04. The molecule has 0 saturated carbocycles. The molecule has 86 valence electrons. The number of esters is 1. The van der Waals surface area contributed by atoms with Crippen LogP contribution in [0.4, 0.5) is 0 Å². The van der Waals surface area contributed by atoms with Crippen LogP contribution in [0.3, 0.4) is 0 Å². The van der Waals surface area contributed by atoms with Gasteiger partial charge in [0.05, 0.1) is 6.61 Å². The second kappa shape index (κ2) is 6.55. The molecule has 5 nitrogen and oxygen atoms in total. The Morgan fingerprint density at radius 1 is 1.62 bits per heavy atom. The second-order valence-corrected chi connectivity index (χ2v) is 3.11. The number of hydrogen-bond acceptors (Lipinski definition) is 4. The van der Waals surface area contributed by atoms with Gasteiger partial charge in [0, 0.05) is 18.3 Å². The molecule has 1 aromatic heterocycles. The highest BCUT2D eigenvalue weighted by Gasteiger charge is 2.19. The van der Waals surface area contributed by atoms with Crippen molar-refractivity contribution >= 4 is 12.4 Å². The van der Waals surface area contributed by atoms with Crippen molar-refractivity contribution in [2.45, 2.75) is 19.4 Å². The minimum atomic E-state index is -0.674. The van der Waals surface area contributed by atoms with Crippen LogP contribution >= 0.6 is 0 Å². The average molecular weight is 222 g/mol. The molecule has 1 heterocycles. The van der Waals surface area contributed by atoms with Gasteiger partial charge in [-0.2, -0.15) is 0 Å². The van der Waals surface area contributed by atoms with Crippen LogP contribution in [-0.4, -0.2) is 30.0 Å². The Morgan fingerprint density at radius 3 is 3.00 bits per heavy atom. The molecular weight excluding hydrogens is 208 g/mol. The number of rotatable bonds is 6. The number of nitrogens with one attached hydrogen (secondary N) is 1. The molecule has 5 heteroatoms. The monoisotopic (exact) mass is 222 g/mol. The van der Waals surface area contributed by atoms with Gasteiger partial charge >= 0.3 is 5.97 Å². The van der Waals surface area contributed by atoms with E-state index in [0.717, 1.165) is 5.69 Å². The van der Waals surface area contributed by atoms with E-state index in [9.17, 15) is 9.59 Å². The van der Waals surface area contributed by atoms with E-state index >= 15 is 0 Å². The van der Waals surface area contributed by atoms with Crippen LogP contribution in [0.5, 0.6) is 0 Å². The summed E-state index contributed by atoms with van der Waals surface area (Å²) >= 11 is 0. The van der Waals surface area contributed by atoms with Crippen LogP contribution in [-0.2, 0) is 20.7 Å². The van der Waals surface area contributed by atoms with E-state index in [1.165, 1.54) is 0 Å². The maximum absolute atomic E-state index is 11.5. The van der Waals surface area contributed by atoms with E-state index < -0.39 is 12.0 Å². The Labute approximate surface area is 93.8 Å². The van der Waals surface area contributed by atoms with Crippen molar-refractivity contribution < 1.29 is 14.3 Å². The van der Waals surface area contributed by atoms with E-state index in [2.05, 4.69) is 10.3 Å². The molecule has 0 spiro atoms. The highest BCUT2D eigenvalue weighted by Crippen LogP contribution is 2.01. The molecule has 16 heavy (non-hydrogen) atoms. The van der Waals surface area contributed by atoms with Crippen LogP contribution in [0.1, 0.15) is 12.6 Å². The lowest BCUT2D eigenvalue weighted by atomic mass is 10.1. The van der Waals surface area contributed by atoms with Crippen LogP contribution in [0, 0.1) is 0 Å². The minimum absolute atomic E-state index is 0.290. The standard InChI is InChI=1S/C11H14N2O3/c1-2-16-11(15)10(13-8-14)7-9-5-3-4-6-12-9/h3-6,8,10H,2,7H2,1H3,(H,13,14)/t10-/m1/s1. The summed E-state index contributed by atoms with van der Waals surface area (Å²) in [6.07, 6.45) is 2.46. The zero-order chi connectivity index (χ0) is 11.8. The molecule has 0 bridgehead atoms. The lowest BCUT2D eigenvalue weighted by molar-refractivity contribution is -0.146. The van der Waals surface area contributed by atoms with Crippen LogP contribution < -0.4 is 5.32 Å². The van der Waals surface area contributed by atoms with Crippen molar-refractivity contribution in [1.82, 2.24) is 10.3 Å². The van der Waals surface area contributed by atoms with Gasteiger partial charge in [0.15, 0.2) is 0 Å². The Morgan fingerprint density at radius 2 is 2.44 bits per heavy atom. The summed E-state index contributed by atoms with van der Waals surface area (Å²) in [6.45, 7) is 2.01. The molecule has 1 atom stereocenters. The third kappa shape index (κ3) is 3.68. The van der Waals surface area contributed by atoms with Gasteiger partial charge in [-0.3, -0.25) is 9.78 Å². The van der Waals surface area contributed by atoms with Crippen molar-refractivity contribution in [3.8, 4) is 0 Å². The molecule has 0 aliphatic carbocycles. The van der Waals surface area contributed by atoms with Gasteiger partial charge in [0.2, 0.25) is 6.41 Å². The third-order valence-electron chi connectivity index (χ3n) is 1.98. The van der Waals surface area contributed by atoms with Crippen molar-refractivity contribution in [2.75, 3.05) is 6.61 Å². The maximum Gasteiger partial charge on any atom is 0.329 e. The molecule has 1 aromatic rings. The summed E-state index contributed by atoms with van der Waals surface area (Å²) in [4.78, 5) is 25.9. The smallest absolute Gasteiger partial charge is 0.329 e. The second-order valence-electron chi connectivity index (χ2n) is 3.11. The number of amides is 1. The number of ether oxygens (including phenoxy) is 1. The van der Waals surface area contributed by atoms with Crippen molar-refractivity contribution in [3.05, 3.63) is 30.1 Å². The van der Waals surface area contributed by atoms with Crippen molar-refractivity contribution in [1.29, 1.82) is 0 Å². The van der Waals surface area contributed by atoms with E-state index in [-0.39, 0.29) is 6.61 Å². The summed E-state index contributed by atoms with van der Waals surface area (Å²) in [5.74, 6) is -0.444. The number of hydrogen-bond donors (Lipinski definition) is 1. The van der Waals surface area contributed by atoms with E-state index in [4.69, 9.17) is 4.74 Å². The summed E-state index contributed by atoms with van der Waals surface area (Å²) in [5, 5.41) is 2.42. The quantitative estimate of drug-likeness (QED) is 0.555. The fraction of sp³-hybridized carbons (Fsp3) is 0.364. The molecule has 0 radical (unpaired) electrons. The molecular formula is C11H14N2O3. The predicted molar refractivity (Wildman–Crippen MR) is 57.6 cm³/mol. The number of nitrogens with zero attached hydrogens (tertiary/aromatic N) is 1. The summed E-state index contributed by atoms with van der Waals surface area (Å²) < 4.78 is 4.84. The topological polar surface area (TPSA) is 68.3 Å². The summed E-state index contributed by atoms with van der Waals surface area (Å²) in [7, 11) is 0. The molecule has 0 aromatic carbocycles. The van der Waals surface area contributed by atoms with E-state index in [1.807, 2.05) is 6.07 Å². The molecule has 1 rings (SSSR count). The molecule has 0 fully saturated rings. The minimum Gasteiger partial charge on any atom is -0.464 e. The molecule has 1 amide bonds. The molecule has 0 unspecified atom stereocenters. The Bertz CT molecular complexity index is 340. The zero-order valence-corrected chi connectivity index (χ0v) is 9.05. The van der Waals surface area contributed by atoms with Gasteiger partial charge < -0.3 is 10.1 Å². The van der Waals surface area contributed by atoms with Gasteiger partial charge in [-0.15, -0.1) is 0 Å². The van der Waals surface area contributed by atoms with E-state index in [0.29, 0.717) is 12.8 Å². The lowest BCUT2D eigenvalue weighted by Crippen LogP contribution is -2.39. The van der Waals surface area contributed by atoms with Gasteiger partial charge in [0.25, 0.3) is 0 Å². The summed E-state index contributed by atoms with van der Waals surface area (Å²) in [5.41, 5.74) is 0.731. The number of pyridine rings is 1. The molecule has 1 N–H and O–H groups in total. The fourth-order valence-corrected chi connectivity index (χ4v) is 1.26. The lowest BCUT2D eigenvalue weighted by Gasteiger charge is -2.13. The maximum atomic E-state index is 11.5. The SMILES string of the molecule is CCOC(=O)[C@@H](Cc1ccccn1)NC=O. The molecule has 0 saturated heterocycles. The first-order chi connectivity index (χ1) is 7.77. The number of carbonyl (C=O) groups excluding carboxylic acids is 2. The van der Waals surface area contributed by atoms with Gasteiger partial charge in [-0.25, -0.2) is 4.79 Å². The van der Waals surface area contributed by atoms with Crippen molar-refractivity contribution in [3.63, 3.8) is 0 Å². The Kier molecular flexibility index (Phi) is 4.98. The Hall–Kier alpha value is -1.91. The van der Waals surface area contributed by atoms with Crippen LogP contribution in [0.2, 0.25) is 0 Å². The predicted octanol–water partition coefficient (Wildman–Crippen LogP) is 0.302. The number of aromatic nitrogens is 1. The molecule has 0 aliphatic rings. The Balaban J connectivity index is 2.64. The van der Waals surface area contributed by atoms with Crippen molar-refractivity contribution in [2.24, 2.45) is 0 Å². The number of carbonyl (C=O) groups is 2. The average Bonchev–Trinajstić information content (AvgIpc) is 2.30.